The number of anilines is 2. The maximum absolute atomic E-state index is 12.9. The smallest absolute Gasteiger partial charge is 0.262 e. The summed E-state index contributed by atoms with van der Waals surface area (Å²) in [5.41, 5.74) is 0.646. The number of ether oxygens (including phenoxy) is 2. The fourth-order valence-corrected chi connectivity index (χ4v) is 3.85. The number of benzene rings is 2. The number of methoxy groups -OCH3 is 1. The number of likely N-dealkylation sites (tertiary alicyclic amines) is 1. The molecule has 1 heterocycles. The number of piperidine rings is 1. The second-order valence-electron chi connectivity index (χ2n) is 9.40. The summed E-state index contributed by atoms with van der Waals surface area (Å²) in [6.45, 7) is 6.58. The van der Waals surface area contributed by atoms with E-state index in [1.54, 1.807) is 47.4 Å². The van der Waals surface area contributed by atoms with Gasteiger partial charge in [0.15, 0.2) is 18.1 Å². The third-order valence-electron chi connectivity index (χ3n) is 5.56. The molecular formula is C26H33N3O5. The van der Waals surface area contributed by atoms with Gasteiger partial charge in [-0.3, -0.25) is 14.4 Å². The van der Waals surface area contributed by atoms with Crippen LogP contribution >= 0.6 is 0 Å². The first-order valence-corrected chi connectivity index (χ1v) is 11.4. The molecular weight excluding hydrogens is 434 g/mol. The summed E-state index contributed by atoms with van der Waals surface area (Å²) in [5.74, 6) is 0.350. The number of amides is 3. The van der Waals surface area contributed by atoms with Crippen LogP contribution in [0.15, 0.2) is 48.5 Å². The van der Waals surface area contributed by atoms with Crippen LogP contribution in [0, 0.1) is 11.3 Å². The monoisotopic (exact) mass is 467 g/mol. The van der Waals surface area contributed by atoms with Crippen molar-refractivity contribution in [1.82, 2.24) is 4.90 Å². The van der Waals surface area contributed by atoms with Crippen molar-refractivity contribution in [2.45, 2.75) is 33.6 Å². The van der Waals surface area contributed by atoms with Gasteiger partial charge in [-0.05, 0) is 43.2 Å². The van der Waals surface area contributed by atoms with E-state index in [0.717, 1.165) is 12.8 Å². The SMILES string of the molecule is COc1ccccc1OCC(=O)Nc1cccc(NC(=O)C2CCCN(C(=O)C(C)(C)C)C2)c1. The predicted octanol–water partition coefficient (Wildman–Crippen LogP) is 3.94. The average Bonchev–Trinajstić information content (AvgIpc) is 2.82. The van der Waals surface area contributed by atoms with Crippen molar-refractivity contribution in [1.29, 1.82) is 0 Å². The van der Waals surface area contributed by atoms with E-state index in [1.165, 1.54) is 7.11 Å². The van der Waals surface area contributed by atoms with Crippen molar-refractivity contribution in [2.75, 3.05) is 37.4 Å². The number of para-hydroxylation sites is 2. The van der Waals surface area contributed by atoms with E-state index >= 15 is 0 Å². The predicted molar refractivity (Wildman–Crippen MR) is 131 cm³/mol. The molecule has 1 saturated heterocycles. The van der Waals surface area contributed by atoms with Gasteiger partial charge in [-0.2, -0.15) is 0 Å². The lowest BCUT2D eigenvalue weighted by molar-refractivity contribution is -0.142. The summed E-state index contributed by atoms with van der Waals surface area (Å²) in [7, 11) is 1.54. The highest BCUT2D eigenvalue weighted by Gasteiger charge is 2.33. The molecule has 0 aromatic heterocycles. The van der Waals surface area contributed by atoms with Crippen LogP contribution in [0.3, 0.4) is 0 Å². The summed E-state index contributed by atoms with van der Waals surface area (Å²) in [6, 6.07) is 14.0. The molecule has 1 aliphatic rings. The van der Waals surface area contributed by atoms with E-state index in [1.807, 2.05) is 26.8 Å². The third-order valence-corrected chi connectivity index (χ3v) is 5.56. The first kappa shape index (κ1) is 25.1. The second-order valence-corrected chi connectivity index (χ2v) is 9.40. The standard InChI is InChI=1S/C26H33N3O5/c1-26(2,3)25(32)29-14-8-9-18(16-29)24(31)28-20-11-7-10-19(15-20)27-23(30)17-34-22-13-6-5-12-21(22)33-4/h5-7,10-13,15,18H,8-9,14,16-17H2,1-4H3,(H,27,30)(H,28,31). The average molecular weight is 468 g/mol. The van der Waals surface area contributed by atoms with Gasteiger partial charge in [0, 0.05) is 29.9 Å². The van der Waals surface area contributed by atoms with Crippen LogP contribution in [0.2, 0.25) is 0 Å². The lowest BCUT2D eigenvalue weighted by Crippen LogP contribution is -2.47. The van der Waals surface area contributed by atoms with Gasteiger partial charge in [0.1, 0.15) is 0 Å². The molecule has 0 spiro atoms. The molecule has 2 aromatic rings. The Morgan fingerprint density at radius 3 is 2.35 bits per heavy atom. The fourth-order valence-electron chi connectivity index (χ4n) is 3.85. The zero-order valence-corrected chi connectivity index (χ0v) is 20.2. The summed E-state index contributed by atoms with van der Waals surface area (Å²) < 4.78 is 10.8. The minimum atomic E-state index is -0.472. The highest BCUT2D eigenvalue weighted by atomic mass is 16.5. The van der Waals surface area contributed by atoms with Crippen molar-refractivity contribution in [3.63, 3.8) is 0 Å². The first-order chi connectivity index (χ1) is 16.2. The topological polar surface area (TPSA) is 97.0 Å². The zero-order valence-electron chi connectivity index (χ0n) is 20.2. The molecule has 182 valence electrons. The minimum absolute atomic E-state index is 0.0602. The van der Waals surface area contributed by atoms with Crippen LogP contribution in [-0.4, -0.2) is 49.4 Å². The van der Waals surface area contributed by atoms with Crippen LogP contribution in [0.4, 0.5) is 11.4 Å². The van der Waals surface area contributed by atoms with Gasteiger partial charge in [-0.1, -0.05) is 39.0 Å². The van der Waals surface area contributed by atoms with Gasteiger partial charge in [-0.15, -0.1) is 0 Å². The largest absolute Gasteiger partial charge is 0.493 e. The van der Waals surface area contributed by atoms with Crippen molar-refractivity contribution in [3.8, 4) is 11.5 Å². The van der Waals surface area contributed by atoms with Crippen LogP contribution in [-0.2, 0) is 14.4 Å². The van der Waals surface area contributed by atoms with E-state index in [9.17, 15) is 14.4 Å². The molecule has 0 saturated carbocycles. The second kappa shape index (κ2) is 11.0. The quantitative estimate of drug-likeness (QED) is 0.643. The summed E-state index contributed by atoms with van der Waals surface area (Å²) >= 11 is 0. The Morgan fingerprint density at radius 2 is 1.68 bits per heavy atom. The van der Waals surface area contributed by atoms with E-state index < -0.39 is 5.41 Å². The highest BCUT2D eigenvalue weighted by Crippen LogP contribution is 2.26. The molecule has 34 heavy (non-hydrogen) atoms. The number of hydrogen-bond donors (Lipinski definition) is 2. The van der Waals surface area contributed by atoms with Gasteiger partial charge in [0.05, 0.1) is 13.0 Å². The summed E-state index contributed by atoms with van der Waals surface area (Å²) in [6.07, 6.45) is 1.53. The molecule has 3 rings (SSSR count). The zero-order chi connectivity index (χ0) is 24.7. The number of hydrogen-bond acceptors (Lipinski definition) is 5. The molecule has 1 unspecified atom stereocenters. The van der Waals surface area contributed by atoms with Gasteiger partial charge < -0.3 is 25.0 Å². The molecule has 8 heteroatoms. The van der Waals surface area contributed by atoms with Crippen LogP contribution in [0.5, 0.6) is 11.5 Å². The summed E-state index contributed by atoms with van der Waals surface area (Å²) in [5, 5.41) is 5.69. The van der Waals surface area contributed by atoms with Gasteiger partial charge in [0.25, 0.3) is 5.91 Å². The Hall–Kier alpha value is -3.55. The molecule has 0 radical (unpaired) electrons. The van der Waals surface area contributed by atoms with E-state index in [-0.39, 0.29) is 30.2 Å². The fraction of sp³-hybridized carbons (Fsp3) is 0.423. The van der Waals surface area contributed by atoms with E-state index in [4.69, 9.17) is 9.47 Å². The van der Waals surface area contributed by atoms with E-state index in [0.29, 0.717) is 36.0 Å². The van der Waals surface area contributed by atoms with Gasteiger partial charge in [0.2, 0.25) is 11.8 Å². The van der Waals surface area contributed by atoms with Crippen LogP contribution < -0.4 is 20.1 Å². The molecule has 1 aliphatic heterocycles. The Kier molecular flexibility index (Phi) is 8.15. The molecule has 8 nitrogen and oxygen atoms in total. The lowest BCUT2D eigenvalue weighted by Gasteiger charge is -2.35. The minimum Gasteiger partial charge on any atom is -0.493 e. The maximum Gasteiger partial charge on any atom is 0.262 e. The number of carbonyl (C=O) groups excluding carboxylic acids is 3. The Labute approximate surface area is 200 Å². The first-order valence-electron chi connectivity index (χ1n) is 11.4. The van der Waals surface area contributed by atoms with E-state index in [2.05, 4.69) is 10.6 Å². The number of nitrogens with zero attached hydrogens (tertiary/aromatic N) is 1. The maximum atomic E-state index is 12.9. The Balaban J connectivity index is 1.55. The molecule has 0 aliphatic carbocycles. The van der Waals surface area contributed by atoms with Gasteiger partial charge in [-0.25, -0.2) is 0 Å². The molecule has 3 amide bonds. The van der Waals surface area contributed by atoms with Crippen LogP contribution in [0.1, 0.15) is 33.6 Å². The Bertz CT molecular complexity index is 1030. The molecule has 2 aromatic carbocycles. The van der Waals surface area contributed by atoms with Crippen molar-refractivity contribution in [3.05, 3.63) is 48.5 Å². The molecule has 0 bridgehead atoms. The van der Waals surface area contributed by atoms with Crippen molar-refractivity contribution in [2.24, 2.45) is 11.3 Å². The molecule has 2 N–H and O–H groups in total. The highest BCUT2D eigenvalue weighted by molar-refractivity contribution is 5.96. The Morgan fingerprint density at radius 1 is 1.00 bits per heavy atom. The summed E-state index contributed by atoms with van der Waals surface area (Å²) in [4.78, 5) is 39.6. The normalized spacial score (nSPS) is 15.9. The third kappa shape index (κ3) is 6.73. The molecule has 1 atom stereocenters. The number of nitrogens with one attached hydrogen (secondary N) is 2. The van der Waals surface area contributed by atoms with Crippen LogP contribution in [0.25, 0.3) is 0 Å². The van der Waals surface area contributed by atoms with Crippen molar-refractivity contribution >= 4 is 29.1 Å². The van der Waals surface area contributed by atoms with Crippen molar-refractivity contribution < 1.29 is 23.9 Å². The van der Waals surface area contributed by atoms with Gasteiger partial charge >= 0.3 is 0 Å². The molecule has 1 fully saturated rings. The lowest BCUT2D eigenvalue weighted by atomic mass is 9.91. The number of rotatable bonds is 7. The number of carbonyl (C=O) groups is 3.